The topological polar surface area (TPSA) is 50.3 Å². The van der Waals surface area contributed by atoms with Crippen LogP contribution < -0.4 is 10.1 Å². The van der Waals surface area contributed by atoms with Crippen LogP contribution in [-0.2, 0) is 6.18 Å². The molecular weight excluding hydrogens is 285 g/mol. The van der Waals surface area contributed by atoms with Crippen molar-refractivity contribution in [2.75, 3.05) is 32.6 Å². The first-order valence-corrected chi connectivity index (χ1v) is 6.56. The Labute approximate surface area is 122 Å². The molecule has 0 atom stereocenters. The van der Waals surface area contributed by atoms with Gasteiger partial charge in [-0.1, -0.05) is 0 Å². The molecule has 21 heavy (non-hydrogen) atoms. The van der Waals surface area contributed by atoms with Crippen LogP contribution in [0.2, 0.25) is 0 Å². The van der Waals surface area contributed by atoms with Crippen molar-refractivity contribution in [2.24, 2.45) is 0 Å². The third kappa shape index (κ3) is 5.04. The average molecular weight is 306 g/mol. The molecule has 1 heterocycles. The molecule has 0 radical (unpaired) electrons. The Morgan fingerprint density at radius 2 is 1.86 bits per heavy atom. The minimum absolute atomic E-state index is 0.0943. The molecule has 0 bridgehead atoms. The van der Waals surface area contributed by atoms with Gasteiger partial charge in [0.15, 0.2) is 0 Å². The summed E-state index contributed by atoms with van der Waals surface area (Å²) in [6, 6.07) is 1.37. The SMILES string of the molecule is CCNc1cc(OCC(C)(C)N(C)C)nc(C(F)(F)F)n1. The lowest BCUT2D eigenvalue weighted by Gasteiger charge is -2.31. The van der Waals surface area contributed by atoms with Gasteiger partial charge >= 0.3 is 6.18 Å². The summed E-state index contributed by atoms with van der Waals surface area (Å²) < 4.78 is 43.7. The Hall–Kier alpha value is -1.57. The van der Waals surface area contributed by atoms with Crippen LogP contribution in [0, 0.1) is 0 Å². The van der Waals surface area contributed by atoms with E-state index in [9.17, 15) is 13.2 Å². The first-order chi connectivity index (χ1) is 9.56. The molecule has 0 aliphatic rings. The van der Waals surface area contributed by atoms with Crippen molar-refractivity contribution in [1.29, 1.82) is 0 Å². The third-order valence-corrected chi connectivity index (χ3v) is 3.10. The van der Waals surface area contributed by atoms with Gasteiger partial charge in [-0.3, -0.25) is 0 Å². The zero-order chi connectivity index (χ0) is 16.3. The highest BCUT2D eigenvalue weighted by Crippen LogP contribution is 2.29. The Kier molecular flexibility index (Phi) is 5.38. The van der Waals surface area contributed by atoms with Gasteiger partial charge in [0.1, 0.15) is 12.4 Å². The van der Waals surface area contributed by atoms with Crippen molar-refractivity contribution in [2.45, 2.75) is 32.5 Å². The predicted octanol–water partition coefficient (Wildman–Crippen LogP) is 2.65. The summed E-state index contributed by atoms with van der Waals surface area (Å²) in [7, 11) is 3.74. The van der Waals surface area contributed by atoms with Crippen molar-refractivity contribution >= 4 is 5.82 Å². The lowest BCUT2D eigenvalue weighted by atomic mass is 10.1. The molecule has 0 amide bonds. The lowest BCUT2D eigenvalue weighted by Crippen LogP contribution is -2.43. The number of hydrogen-bond acceptors (Lipinski definition) is 5. The molecule has 0 spiro atoms. The van der Waals surface area contributed by atoms with E-state index in [-0.39, 0.29) is 23.8 Å². The van der Waals surface area contributed by atoms with E-state index in [2.05, 4.69) is 15.3 Å². The summed E-state index contributed by atoms with van der Waals surface area (Å²) in [5.74, 6) is -1.21. The van der Waals surface area contributed by atoms with Crippen molar-refractivity contribution < 1.29 is 17.9 Å². The van der Waals surface area contributed by atoms with Gasteiger partial charge in [-0.05, 0) is 34.9 Å². The summed E-state index contributed by atoms with van der Waals surface area (Å²) in [6.45, 7) is 6.27. The Morgan fingerprint density at radius 3 is 2.33 bits per heavy atom. The van der Waals surface area contributed by atoms with Crippen LogP contribution in [-0.4, -0.2) is 47.7 Å². The summed E-state index contributed by atoms with van der Waals surface area (Å²) in [5.41, 5.74) is -0.332. The molecular formula is C13H21F3N4O. The zero-order valence-corrected chi connectivity index (χ0v) is 12.9. The van der Waals surface area contributed by atoms with Crippen molar-refractivity contribution in [3.05, 3.63) is 11.9 Å². The van der Waals surface area contributed by atoms with Gasteiger partial charge in [-0.2, -0.15) is 18.2 Å². The monoisotopic (exact) mass is 306 g/mol. The van der Waals surface area contributed by atoms with Crippen LogP contribution in [0.3, 0.4) is 0 Å². The maximum absolute atomic E-state index is 12.8. The van der Waals surface area contributed by atoms with E-state index in [1.165, 1.54) is 6.07 Å². The number of nitrogens with one attached hydrogen (secondary N) is 1. The van der Waals surface area contributed by atoms with Gasteiger partial charge in [0.2, 0.25) is 11.7 Å². The minimum atomic E-state index is -4.61. The van der Waals surface area contributed by atoms with Gasteiger partial charge in [0, 0.05) is 18.2 Å². The van der Waals surface area contributed by atoms with Crippen molar-refractivity contribution in [3.63, 3.8) is 0 Å². The molecule has 0 aromatic carbocycles. The van der Waals surface area contributed by atoms with Gasteiger partial charge < -0.3 is 15.0 Å². The number of likely N-dealkylation sites (N-methyl/N-ethyl adjacent to an activating group) is 1. The van der Waals surface area contributed by atoms with E-state index >= 15 is 0 Å². The number of anilines is 1. The highest BCUT2D eigenvalue weighted by Gasteiger charge is 2.36. The molecule has 0 saturated carbocycles. The number of hydrogen-bond donors (Lipinski definition) is 1. The first-order valence-electron chi connectivity index (χ1n) is 6.56. The highest BCUT2D eigenvalue weighted by atomic mass is 19.4. The number of ether oxygens (including phenoxy) is 1. The fourth-order valence-corrected chi connectivity index (χ4v) is 1.28. The molecule has 0 fully saturated rings. The Balaban J connectivity index is 2.98. The standard InChI is InChI=1S/C13H21F3N4O/c1-6-17-9-7-10(19-11(18-9)13(14,15)16)21-8-12(2,3)20(4)5/h7H,6,8H2,1-5H3,(H,17,18,19). The van der Waals surface area contributed by atoms with E-state index in [0.717, 1.165) is 0 Å². The van der Waals surface area contributed by atoms with E-state index in [1.807, 2.05) is 32.8 Å². The second-order valence-corrected chi connectivity index (χ2v) is 5.44. The third-order valence-electron chi connectivity index (χ3n) is 3.10. The molecule has 1 N–H and O–H groups in total. The molecule has 1 aromatic rings. The van der Waals surface area contributed by atoms with Crippen LogP contribution >= 0.6 is 0 Å². The van der Waals surface area contributed by atoms with Gasteiger partial charge in [-0.25, -0.2) is 4.98 Å². The predicted molar refractivity (Wildman–Crippen MR) is 74.5 cm³/mol. The van der Waals surface area contributed by atoms with Gasteiger partial charge in [-0.15, -0.1) is 0 Å². The maximum atomic E-state index is 12.8. The molecule has 0 unspecified atom stereocenters. The normalized spacial score (nSPS) is 12.6. The number of nitrogens with zero attached hydrogens (tertiary/aromatic N) is 3. The van der Waals surface area contributed by atoms with E-state index in [0.29, 0.717) is 6.54 Å². The second kappa shape index (κ2) is 6.46. The lowest BCUT2D eigenvalue weighted by molar-refractivity contribution is -0.145. The summed E-state index contributed by atoms with van der Waals surface area (Å²) in [5, 5.41) is 2.74. The fourth-order valence-electron chi connectivity index (χ4n) is 1.28. The van der Waals surface area contributed by atoms with E-state index < -0.39 is 12.0 Å². The fraction of sp³-hybridized carbons (Fsp3) is 0.692. The molecule has 0 aliphatic carbocycles. The maximum Gasteiger partial charge on any atom is 0.451 e. The van der Waals surface area contributed by atoms with Crippen molar-refractivity contribution in [3.8, 4) is 5.88 Å². The highest BCUT2D eigenvalue weighted by molar-refractivity contribution is 5.38. The Bertz CT molecular complexity index is 475. The molecule has 0 aliphatic heterocycles. The summed E-state index contributed by atoms with van der Waals surface area (Å²) in [6.07, 6.45) is -4.61. The van der Waals surface area contributed by atoms with E-state index in [4.69, 9.17) is 4.74 Å². The summed E-state index contributed by atoms with van der Waals surface area (Å²) >= 11 is 0. The smallest absolute Gasteiger partial charge is 0.451 e. The van der Waals surface area contributed by atoms with E-state index in [1.54, 1.807) is 6.92 Å². The molecule has 5 nitrogen and oxygen atoms in total. The molecule has 1 rings (SSSR count). The van der Waals surface area contributed by atoms with Gasteiger partial charge in [0.25, 0.3) is 0 Å². The molecule has 0 saturated heterocycles. The first kappa shape index (κ1) is 17.5. The largest absolute Gasteiger partial charge is 0.476 e. The minimum Gasteiger partial charge on any atom is -0.476 e. The number of rotatable bonds is 6. The van der Waals surface area contributed by atoms with Gasteiger partial charge in [0.05, 0.1) is 0 Å². The van der Waals surface area contributed by atoms with Crippen LogP contribution in [0.1, 0.15) is 26.6 Å². The molecule has 8 heteroatoms. The molecule has 120 valence electrons. The molecule has 1 aromatic heterocycles. The Morgan fingerprint density at radius 1 is 1.24 bits per heavy atom. The zero-order valence-electron chi connectivity index (χ0n) is 12.9. The van der Waals surface area contributed by atoms with Crippen LogP contribution in [0.4, 0.5) is 19.0 Å². The second-order valence-electron chi connectivity index (χ2n) is 5.44. The van der Waals surface area contributed by atoms with Crippen molar-refractivity contribution in [1.82, 2.24) is 14.9 Å². The quantitative estimate of drug-likeness (QED) is 0.875. The van der Waals surface area contributed by atoms with Crippen LogP contribution in [0.15, 0.2) is 6.07 Å². The van der Waals surface area contributed by atoms with Crippen LogP contribution in [0.25, 0.3) is 0 Å². The summed E-state index contributed by atoms with van der Waals surface area (Å²) in [4.78, 5) is 8.79. The number of alkyl halides is 3. The average Bonchev–Trinajstić information content (AvgIpc) is 2.35. The number of halogens is 3. The van der Waals surface area contributed by atoms with Crippen LogP contribution in [0.5, 0.6) is 5.88 Å². The number of aromatic nitrogens is 2.